The standard InChI is InChI=1S/C9H11FN2O3/c1-11-5-9(13)7-4-6(12(14)15)2-3-8(7)10/h2-4,9,11,13H,5H2,1H3. The van der Waals surface area contributed by atoms with E-state index < -0.39 is 16.8 Å². The topological polar surface area (TPSA) is 75.4 Å². The molecule has 1 aromatic carbocycles. The van der Waals surface area contributed by atoms with E-state index in [1.165, 1.54) is 0 Å². The quantitative estimate of drug-likeness (QED) is 0.578. The number of likely N-dealkylation sites (N-methyl/N-ethyl adjacent to an activating group) is 1. The molecule has 6 heteroatoms. The molecule has 0 heterocycles. The van der Waals surface area contributed by atoms with Gasteiger partial charge in [-0.3, -0.25) is 10.1 Å². The molecule has 2 N–H and O–H groups in total. The molecule has 1 rings (SSSR count). The SMILES string of the molecule is CNCC(O)c1cc([N+](=O)[O-])ccc1F. The summed E-state index contributed by atoms with van der Waals surface area (Å²) >= 11 is 0. The van der Waals surface area contributed by atoms with E-state index >= 15 is 0 Å². The van der Waals surface area contributed by atoms with Gasteiger partial charge in [0, 0.05) is 24.2 Å². The van der Waals surface area contributed by atoms with Gasteiger partial charge in [-0.25, -0.2) is 4.39 Å². The molecule has 0 aliphatic rings. The van der Waals surface area contributed by atoms with Crippen molar-refractivity contribution in [2.24, 2.45) is 0 Å². The van der Waals surface area contributed by atoms with Crippen LogP contribution in [0.4, 0.5) is 10.1 Å². The molecule has 0 aliphatic carbocycles. The first-order valence-electron chi connectivity index (χ1n) is 4.32. The maximum absolute atomic E-state index is 13.2. The number of hydrogen-bond acceptors (Lipinski definition) is 4. The highest BCUT2D eigenvalue weighted by atomic mass is 19.1. The number of nitrogens with one attached hydrogen (secondary N) is 1. The molecule has 0 aliphatic heterocycles. The predicted octanol–water partition coefficient (Wildman–Crippen LogP) is 0.987. The molecule has 82 valence electrons. The second-order valence-electron chi connectivity index (χ2n) is 3.04. The van der Waals surface area contributed by atoms with Crippen molar-refractivity contribution in [3.8, 4) is 0 Å². The van der Waals surface area contributed by atoms with Gasteiger partial charge in [0.2, 0.25) is 0 Å². The molecule has 0 radical (unpaired) electrons. The molecule has 1 atom stereocenters. The summed E-state index contributed by atoms with van der Waals surface area (Å²) in [6.45, 7) is 0.137. The van der Waals surface area contributed by atoms with Gasteiger partial charge >= 0.3 is 0 Å². The summed E-state index contributed by atoms with van der Waals surface area (Å²) in [6, 6.07) is 3.08. The van der Waals surface area contributed by atoms with Crippen LogP contribution in [0.2, 0.25) is 0 Å². The summed E-state index contributed by atoms with van der Waals surface area (Å²) in [5.74, 6) is -0.650. The Hall–Kier alpha value is -1.53. The molecule has 1 unspecified atom stereocenters. The molecule has 1 aromatic rings. The van der Waals surface area contributed by atoms with Crippen molar-refractivity contribution in [2.45, 2.75) is 6.10 Å². The Morgan fingerprint density at radius 3 is 2.87 bits per heavy atom. The van der Waals surface area contributed by atoms with E-state index in [1.807, 2.05) is 0 Å². The van der Waals surface area contributed by atoms with Crippen LogP contribution >= 0.6 is 0 Å². The van der Waals surface area contributed by atoms with Gasteiger partial charge in [-0.15, -0.1) is 0 Å². The first-order chi connectivity index (χ1) is 7.06. The Kier molecular flexibility index (Phi) is 3.70. The maximum Gasteiger partial charge on any atom is 0.270 e. The second kappa shape index (κ2) is 4.81. The maximum atomic E-state index is 13.2. The van der Waals surface area contributed by atoms with Gasteiger partial charge in [-0.1, -0.05) is 0 Å². The summed E-state index contributed by atoms with van der Waals surface area (Å²) in [5, 5.41) is 22.6. The number of aliphatic hydroxyl groups is 1. The lowest BCUT2D eigenvalue weighted by Gasteiger charge is -2.10. The highest BCUT2D eigenvalue weighted by Gasteiger charge is 2.16. The van der Waals surface area contributed by atoms with Gasteiger partial charge in [-0.2, -0.15) is 0 Å². The van der Waals surface area contributed by atoms with E-state index in [-0.39, 0.29) is 17.8 Å². The Bertz CT molecular complexity index is 370. The van der Waals surface area contributed by atoms with Gasteiger partial charge in [-0.05, 0) is 13.1 Å². The lowest BCUT2D eigenvalue weighted by molar-refractivity contribution is -0.385. The van der Waals surface area contributed by atoms with Crippen LogP contribution in [0.25, 0.3) is 0 Å². The molecule has 5 nitrogen and oxygen atoms in total. The summed E-state index contributed by atoms with van der Waals surface area (Å²) in [7, 11) is 1.60. The average Bonchev–Trinajstić information content (AvgIpc) is 2.18. The van der Waals surface area contributed by atoms with E-state index in [0.717, 1.165) is 18.2 Å². The average molecular weight is 214 g/mol. The number of rotatable bonds is 4. The van der Waals surface area contributed by atoms with Crippen molar-refractivity contribution >= 4 is 5.69 Å². The highest BCUT2D eigenvalue weighted by Crippen LogP contribution is 2.22. The molecule has 0 bridgehead atoms. The number of hydrogen-bond donors (Lipinski definition) is 2. The summed E-state index contributed by atoms with van der Waals surface area (Å²) < 4.78 is 13.2. The first kappa shape index (κ1) is 11.5. The van der Waals surface area contributed by atoms with Gasteiger partial charge in [0.15, 0.2) is 0 Å². The number of aliphatic hydroxyl groups excluding tert-OH is 1. The fraction of sp³-hybridized carbons (Fsp3) is 0.333. The van der Waals surface area contributed by atoms with E-state index in [2.05, 4.69) is 5.32 Å². The summed E-state index contributed by atoms with van der Waals surface area (Å²) in [4.78, 5) is 9.80. The second-order valence-corrected chi connectivity index (χ2v) is 3.04. The number of nitro benzene ring substituents is 1. The van der Waals surface area contributed by atoms with Crippen molar-refractivity contribution in [3.05, 3.63) is 39.7 Å². The van der Waals surface area contributed by atoms with Crippen molar-refractivity contribution < 1.29 is 14.4 Å². The van der Waals surface area contributed by atoms with Crippen molar-refractivity contribution in [3.63, 3.8) is 0 Å². The van der Waals surface area contributed by atoms with Gasteiger partial charge in [0.05, 0.1) is 11.0 Å². The molecule has 0 spiro atoms. The predicted molar refractivity (Wildman–Crippen MR) is 51.9 cm³/mol. The molecule has 0 saturated heterocycles. The molecular formula is C9H11FN2O3. The minimum Gasteiger partial charge on any atom is -0.387 e. The van der Waals surface area contributed by atoms with Crippen LogP contribution in [-0.2, 0) is 0 Å². The number of benzene rings is 1. The van der Waals surface area contributed by atoms with E-state index in [9.17, 15) is 19.6 Å². The van der Waals surface area contributed by atoms with E-state index in [1.54, 1.807) is 7.05 Å². The molecule has 15 heavy (non-hydrogen) atoms. The van der Waals surface area contributed by atoms with Crippen LogP contribution in [0.1, 0.15) is 11.7 Å². The molecule has 0 saturated carbocycles. The number of nitro groups is 1. The number of nitrogens with zero attached hydrogens (tertiary/aromatic N) is 1. The molecule has 0 aromatic heterocycles. The highest BCUT2D eigenvalue weighted by molar-refractivity contribution is 5.36. The zero-order valence-electron chi connectivity index (χ0n) is 8.11. The van der Waals surface area contributed by atoms with E-state index in [0.29, 0.717) is 0 Å². The van der Waals surface area contributed by atoms with Crippen LogP contribution < -0.4 is 5.32 Å². The lowest BCUT2D eigenvalue weighted by Crippen LogP contribution is -2.17. The smallest absolute Gasteiger partial charge is 0.270 e. The van der Waals surface area contributed by atoms with Crippen LogP contribution in [0.15, 0.2) is 18.2 Å². The van der Waals surface area contributed by atoms with E-state index in [4.69, 9.17) is 0 Å². The normalized spacial score (nSPS) is 12.5. The van der Waals surface area contributed by atoms with Crippen LogP contribution in [0, 0.1) is 15.9 Å². The Balaban J connectivity index is 3.04. The van der Waals surface area contributed by atoms with Gasteiger partial charge in [0.25, 0.3) is 5.69 Å². The fourth-order valence-electron chi connectivity index (χ4n) is 1.20. The van der Waals surface area contributed by atoms with Crippen molar-refractivity contribution in [2.75, 3.05) is 13.6 Å². The van der Waals surface area contributed by atoms with Gasteiger partial charge in [0.1, 0.15) is 5.82 Å². The van der Waals surface area contributed by atoms with Crippen LogP contribution in [-0.4, -0.2) is 23.6 Å². The minimum absolute atomic E-state index is 0.0708. The van der Waals surface area contributed by atoms with Crippen LogP contribution in [0.5, 0.6) is 0 Å². The van der Waals surface area contributed by atoms with Gasteiger partial charge < -0.3 is 10.4 Å². The third-order valence-corrected chi connectivity index (χ3v) is 1.95. The van der Waals surface area contributed by atoms with Crippen molar-refractivity contribution in [1.29, 1.82) is 0 Å². The van der Waals surface area contributed by atoms with Crippen LogP contribution in [0.3, 0.4) is 0 Å². The molecule has 0 amide bonds. The minimum atomic E-state index is -1.09. The third kappa shape index (κ3) is 2.71. The Morgan fingerprint density at radius 2 is 2.33 bits per heavy atom. The Morgan fingerprint density at radius 1 is 1.67 bits per heavy atom. The molecule has 0 fully saturated rings. The number of non-ortho nitro benzene ring substituents is 1. The molecular weight excluding hydrogens is 203 g/mol. The fourth-order valence-corrected chi connectivity index (χ4v) is 1.20. The zero-order valence-corrected chi connectivity index (χ0v) is 8.11. The third-order valence-electron chi connectivity index (χ3n) is 1.95. The lowest BCUT2D eigenvalue weighted by atomic mass is 10.1. The summed E-state index contributed by atoms with van der Waals surface area (Å²) in [6.07, 6.45) is -1.09. The summed E-state index contributed by atoms with van der Waals surface area (Å²) in [5.41, 5.74) is -0.305. The zero-order chi connectivity index (χ0) is 11.4. The Labute approximate surface area is 85.7 Å². The monoisotopic (exact) mass is 214 g/mol. The number of halogens is 1. The van der Waals surface area contributed by atoms with Crippen molar-refractivity contribution in [1.82, 2.24) is 5.32 Å². The first-order valence-corrected chi connectivity index (χ1v) is 4.32. The largest absolute Gasteiger partial charge is 0.387 e.